The topological polar surface area (TPSA) is 73.9 Å². The first-order valence-electron chi connectivity index (χ1n) is 12.5. The Bertz CT molecular complexity index is 1030. The standard InChI is InChI=1S/C27H34N4O3/c32-26(21-6-7-21)29-23-8-9-25(31-13-10-20-4-1-2-5-22(20)19-31)24(18-23)27(33)28-11-3-12-30-14-16-34-17-15-30/h1-2,4-5,8-9,18,21H,3,6-7,10-17,19H2,(H,28,33)(H,29,32). The highest BCUT2D eigenvalue weighted by atomic mass is 16.5. The Morgan fingerprint density at radius 1 is 1.00 bits per heavy atom. The van der Waals surface area contributed by atoms with Gasteiger partial charge in [0.1, 0.15) is 0 Å². The van der Waals surface area contributed by atoms with Crippen molar-refractivity contribution >= 4 is 23.2 Å². The van der Waals surface area contributed by atoms with Gasteiger partial charge in [0.2, 0.25) is 5.91 Å². The summed E-state index contributed by atoms with van der Waals surface area (Å²) in [6.45, 7) is 6.70. The van der Waals surface area contributed by atoms with Crippen LogP contribution in [0, 0.1) is 5.92 Å². The van der Waals surface area contributed by atoms with Crippen molar-refractivity contribution in [2.24, 2.45) is 5.92 Å². The second kappa shape index (κ2) is 10.6. The third-order valence-corrected chi connectivity index (χ3v) is 6.97. The summed E-state index contributed by atoms with van der Waals surface area (Å²) >= 11 is 0. The number of fused-ring (bicyclic) bond motifs is 1. The van der Waals surface area contributed by atoms with E-state index >= 15 is 0 Å². The number of hydrogen-bond acceptors (Lipinski definition) is 5. The molecule has 2 aromatic carbocycles. The van der Waals surface area contributed by atoms with E-state index in [1.54, 1.807) is 0 Å². The minimum atomic E-state index is -0.0849. The maximum Gasteiger partial charge on any atom is 0.253 e. The summed E-state index contributed by atoms with van der Waals surface area (Å²) in [5.74, 6) is 0.0885. The number of rotatable bonds is 8. The molecule has 5 rings (SSSR count). The average Bonchev–Trinajstić information content (AvgIpc) is 3.73. The predicted octanol–water partition coefficient (Wildman–Crippen LogP) is 3.05. The van der Waals surface area contributed by atoms with Gasteiger partial charge in [-0.3, -0.25) is 14.5 Å². The van der Waals surface area contributed by atoms with Gasteiger partial charge in [-0.25, -0.2) is 0 Å². The van der Waals surface area contributed by atoms with E-state index in [0.717, 1.165) is 77.3 Å². The lowest BCUT2D eigenvalue weighted by Gasteiger charge is -2.32. The summed E-state index contributed by atoms with van der Waals surface area (Å²) < 4.78 is 5.41. The molecule has 34 heavy (non-hydrogen) atoms. The third-order valence-electron chi connectivity index (χ3n) is 6.97. The first-order chi connectivity index (χ1) is 16.7. The van der Waals surface area contributed by atoms with Crippen LogP contribution < -0.4 is 15.5 Å². The van der Waals surface area contributed by atoms with Gasteiger partial charge in [0.25, 0.3) is 5.91 Å². The van der Waals surface area contributed by atoms with E-state index in [4.69, 9.17) is 4.74 Å². The largest absolute Gasteiger partial charge is 0.379 e. The third kappa shape index (κ3) is 5.59. The first-order valence-corrected chi connectivity index (χ1v) is 12.5. The van der Waals surface area contributed by atoms with Crippen LogP contribution >= 0.6 is 0 Å². The Morgan fingerprint density at radius 2 is 1.79 bits per heavy atom. The van der Waals surface area contributed by atoms with E-state index in [9.17, 15) is 9.59 Å². The lowest BCUT2D eigenvalue weighted by Crippen LogP contribution is -2.38. The Hall–Kier alpha value is -2.90. The molecule has 2 amide bonds. The highest BCUT2D eigenvalue weighted by molar-refractivity contribution is 6.02. The molecule has 2 N–H and O–H groups in total. The van der Waals surface area contributed by atoms with Gasteiger partial charge in [-0.05, 0) is 61.6 Å². The second-order valence-electron chi connectivity index (χ2n) is 9.50. The summed E-state index contributed by atoms with van der Waals surface area (Å²) in [5, 5.41) is 6.12. The highest BCUT2D eigenvalue weighted by Gasteiger charge is 2.30. The van der Waals surface area contributed by atoms with Gasteiger partial charge < -0.3 is 20.3 Å². The molecule has 0 unspecified atom stereocenters. The van der Waals surface area contributed by atoms with E-state index in [0.29, 0.717) is 17.8 Å². The molecule has 0 spiro atoms. The molecule has 7 heteroatoms. The normalized spacial score (nSPS) is 18.3. The smallest absolute Gasteiger partial charge is 0.253 e. The SMILES string of the molecule is O=C(NCCCN1CCOCC1)c1cc(NC(=O)C2CC2)ccc1N1CCc2ccccc2C1. The summed E-state index contributed by atoms with van der Waals surface area (Å²) in [6, 6.07) is 14.3. The summed E-state index contributed by atoms with van der Waals surface area (Å²) in [5.41, 5.74) is 4.92. The zero-order valence-corrected chi connectivity index (χ0v) is 19.7. The first kappa shape index (κ1) is 22.9. The van der Waals surface area contributed by atoms with Gasteiger partial charge in [-0.15, -0.1) is 0 Å². The van der Waals surface area contributed by atoms with E-state index in [1.165, 1.54) is 11.1 Å². The van der Waals surface area contributed by atoms with Crippen molar-refractivity contribution in [1.82, 2.24) is 10.2 Å². The molecule has 2 aromatic rings. The lowest BCUT2D eigenvalue weighted by atomic mass is 9.98. The van der Waals surface area contributed by atoms with Crippen LogP contribution in [-0.4, -0.2) is 62.7 Å². The van der Waals surface area contributed by atoms with Gasteiger partial charge in [0.15, 0.2) is 0 Å². The molecule has 0 atom stereocenters. The molecule has 0 radical (unpaired) electrons. The van der Waals surface area contributed by atoms with Crippen molar-refractivity contribution in [2.45, 2.75) is 32.2 Å². The molecule has 1 saturated heterocycles. The van der Waals surface area contributed by atoms with Crippen LogP contribution in [0.5, 0.6) is 0 Å². The molecule has 3 aliphatic rings. The summed E-state index contributed by atoms with van der Waals surface area (Å²) in [7, 11) is 0. The van der Waals surface area contributed by atoms with Crippen LogP contribution in [0.25, 0.3) is 0 Å². The monoisotopic (exact) mass is 462 g/mol. The Balaban J connectivity index is 1.29. The maximum absolute atomic E-state index is 13.3. The Kier molecular flexibility index (Phi) is 7.11. The number of hydrogen-bond donors (Lipinski definition) is 2. The van der Waals surface area contributed by atoms with Crippen LogP contribution in [0.4, 0.5) is 11.4 Å². The fraction of sp³-hybridized carbons (Fsp3) is 0.481. The Labute approximate surface area is 201 Å². The van der Waals surface area contributed by atoms with E-state index in [-0.39, 0.29) is 17.7 Å². The number of ether oxygens (including phenoxy) is 1. The lowest BCUT2D eigenvalue weighted by molar-refractivity contribution is -0.117. The van der Waals surface area contributed by atoms with Crippen molar-refractivity contribution in [3.8, 4) is 0 Å². The number of benzene rings is 2. The zero-order chi connectivity index (χ0) is 23.3. The molecule has 0 bridgehead atoms. The molecule has 1 aliphatic carbocycles. The molecular formula is C27H34N4O3. The van der Waals surface area contributed by atoms with Gasteiger partial charge in [0, 0.05) is 50.0 Å². The number of carbonyl (C=O) groups is 2. The number of amides is 2. The minimum absolute atomic E-state index is 0.0523. The van der Waals surface area contributed by atoms with Crippen molar-refractivity contribution < 1.29 is 14.3 Å². The number of nitrogens with one attached hydrogen (secondary N) is 2. The summed E-state index contributed by atoms with van der Waals surface area (Å²) in [6.07, 6.45) is 3.76. The number of morpholine rings is 1. The van der Waals surface area contributed by atoms with E-state index in [2.05, 4.69) is 44.7 Å². The molecule has 2 heterocycles. The minimum Gasteiger partial charge on any atom is -0.379 e. The molecule has 7 nitrogen and oxygen atoms in total. The van der Waals surface area contributed by atoms with Crippen LogP contribution in [0.2, 0.25) is 0 Å². The molecule has 1 saturated carbocycles. The molecular weight excluding hydrogens is 428 g/mol. The summed E-state index contributed by atoms with van der Waals surface area (Å²) in [4.78, 5) is 30.3. The van der Waals surface area contributed by atoms with Crippen molar-refractivity contribution in [2.75, 3.05) is 56.2 Å². The van der Waals surface area contributed by atoms with Crippen LogP contribution in [-0.2, 0) is 22.5 Å². The van der Waals surface area contributed by atoms with Crippen LogP contribution in [0.1, 0.15) is 40.7 Å². The van der Waals surface area contributed by atoms with Gasteiger partial charge in [-0.2, -0.15) is 0 Å². The van der Waals surface area contributed by atoms with Crippen molar-refractivity contribution in [1.29, 1.82) is 0 Å². The maximum atomic E-state index is 13.3. The van der Waals surface area contributed by atoms with Crippen molar-refractivity contribution in [3.63, 3.8) is 0 Å². The van der Waals surface area contributed by atoms with Gasteiger partial charge in [0.05, 0.1) is 18.8 Å². The number of nitrogens with zero attached hydrogens (tertiary/aromatic N) is 2. The van der Waals surface area contributed by atoms with Crippen molar-refractivity contribution in [3.05, 3.63) is 59.2 Å². The highest BCUT2D eigenvalue weighted by Crippen LogP contribution is 2.32. The van der Waals surface area contributed by atoms with E-state index in [1.807, 2.05) is 18.2 Å². The predicted molar refractivity (Wildman–Crippen MR) is 133 cm³/mol. The van der Waals surface area contributed by atoms with Gasteiger partial charge in [-0.1, -0.05) is 24.3 Å². The molecule has 0 aromatic heterocycles. The Morgan fingerprint density at radius 3 is 2.59 bits per heavy atom. The van der Waals surface area contributed by atoms with Gasteiger partial charge >= 0.3 is 0 Å². The van der Waals surface area contributed by atoms with Crippen LogP contribution in [0.15, 0.2) is 42.5 Å². The van der Waals surface area contributed by atoms with E-state index < -0.39 is 0 Å². The fourth-order valence-electron chi connectivity index (χ4n) is 4.79. The number of carbonyl (C=O) groups excluding carboxylic acids is 2. The molecule has 2 fully saturated rings. The molecule has 180 valence electrons. The fourth-order valence-corrected chi connectivity index (χ4v) is 4.79. The second-order valence-corrected chi connectivity index (χ2v) is 9.50. The quantitative estimate of drug-likeness (QED) is 0.590. The number of anilines is 2. The average molecular weight is 463 g/mol. The molecule has 2 aliphatic heterocycles. The zero-order valence-electron chi connectivity index (χ0n) is 19.7. The van der Waals surface area contributed by atoms with Crippen LogP contribution in [0.3, 0.4) is 0 Å².